The highest BCUT2D eigenvalue weighted by molar-refractivity contribution is 5.76. The van der Waals surface area contributed by atoms with E-state index >= 15 is 0 Å². The minimum absolute atomic E-state index is 0.0256. The highest BCUT2D eigenvalue weighted by atomic mass is 16.5. The van der Waals surface area contributed by atoms with E-state index in [4.69, 9.17) is 4.74 Å². The third-order valence-electron chi connectivity index (χ3n) is 20.2. The first kappa shape index (κ1) is 90.3. The van der Waals surface area contributed by atoms with E-state index < -0.39 is 12.1 Å². The van der Waals surface area contributed by atoms with Crippen molar-refractivity contribution in [1.82, 2.24) is 5.32 Å². The number of rotatable bonds is 81. The van der Waals surface area contributed by atoms with Gasteiger partial charge in [-0.1, -0.05) is 443 Å². The number of ether oxygens (including phenoxy) is 1. The molecule has 1 amide bonds. The molecule has 3 N–H and O–H groups in total. The molecule has 0 aliphatic rings. The van der Waals surface area contributed by atoms with E-state index in [1.54, 1.807) is 6.08 Å². The lowest BCUT2D eigenvalue weighted by Crippen LogP contribution is -2.45. The molecule has 0 saturated carbocycles. The average molecular weight is 1300 g/mol. The fourth-order valence-corrected chi connectivity index (χ4v) is 13.8. The van der Waals surface area contributed by atoms with Gasteiger partial charge in [-0.15, -0.1) is 0 Å². The van der Waals surface area contributed by atoms with Crippen LogP contribution in [0.3, 0.4) is 0 Å². The molecule has 0 aromatic rings. The van der Waals surface area contributed by atoms with Gasteiger partial charge in [0.1, 0.15) is 0 Å². The summed E-state index contributed by atoms with van der Waals surface area (Å²) in [5, 5.41) is 23.3. The molecule has 6 nitrogen and oxygen atoms in total. The number of esters is 1. The summed E-state index contributed by atoms with van der Waals surface area (Å²) in [5.74, 6) is -0.0326. The summed E-state index contributed by atoms with van der Waals surface area (Å²) >= 11 is 0. The van der Waals surface area contributed by atoms with Crippen LogP contribution in [0.4, 0.5) is 0 Å². The zero-order valence-electron chi connectivity index (χ0n) is 62.8. The van der Waals surface area contributed by atoms with Crippen molar-refractivity contribution in [2.75, 3.05) is 13.2 Å². The van der Waals surface area contributed by atoms with Crippen LogP contribution in [0.1, 0.15) is 489 Å². The fourth-order valence-electron chi connectivity index (χ4n) is 13.8. The molecular weight excluding hydrogens is 1130 g/mol. The van der Waals surface area contributed by atoms with Gasteiger partial charge in [0.2, 0.25) is 5.91 Å². The SMILES string of the molecule is CCCCCCCCCCCCCCCCCCCCCC/C=C/C(O)C(CO)NC(=O)CCCCCCCCCCCCCCCCCCC/C=C\CCCCCCCCCCCCCCCCCCCCOC(=O)CCCCCCCCCCCCCCCC. The normalized spacial score (nSPS) is 12.5. The second-order valence-corrected chi connectivity index (χ2v) is 29.5. The molecule has 0 fully saturated rings. The Morgan fingerprint density at radius 2 is 0.511 bits per heavy atom. The number of carbonyl (C=O) groups is 2. The molecule has 0 rings (SSSR count). The number of carbonyl (C=O) groups excluding carboxylic acids is 2. The number of nitrogens with one attached hydrogen (secondary N) is 1. The molecule has 546 valence electrons. The van der Waals surface area contributed by atoms with Gasteiger partial charge in [0.25, 0.3) is 0 Å². The summed E-state index contributed by atoms with van der Waals surface area (Å²) in [5.41, 5.74) is 0. The first-order valence-electron chi connectivity index (χ1n) is 42.6. The predicted molar refractivity (Wildman–Crippen MR) is 407 cm³/mol. The van der Waals surface area contributed by atoms with Crippen molar-refractivity contribution in [2.45, 2.75) is 501 Å². The van der Waals surface area contributed by atoms with Crippen molar-refractivity contribution in [3.05, 3.63) is 24.3 Å². The maximum absolute atomic E-state index is 12.6. The largest absolute Gasteiger partial charge is 0.466 e. The highest BCUT2D eigenvalue weighted by Gasteiger charge is 2.18. The van der Waals surface area contributed by atoms with Crippen LogP contribution in [0, 0.1) is 0 Å². The summed E-state index contributed by atoms with van der Waals surface area (Å²) in [6.45, 7) is 4.97. The van der Waals surface area contributed by atoms with E-state index in [0.717, 1.165) is 38.5 Å². The van der Waals surface area contributed by atoms with Crippen molar-refractivity contribution in [2.24, 2.45) is 0 Å². The number of unbranched alkanes of at least 4 members (excludes halogenated alkanes) is 68. The molecular formula is C86H167NO5. The van der Waals surface area contributed by atoms with Crippen LogP contribution in [0.5, 0.6) is 0 Å². The monoisotopic (exact) mass is 1290 g/mol. The second-order valence-electron chi connectivity index (χ2n) is 29.5. The molecule has 0 heterocycles. The van der Waals surface area contributed by atoms with E-state index in [-0.39, 0.29) is 18.5 Å². The van der Waals surface area contributed by atoms with Crippen LogP contribution in [-0.2, 0) is 14.3 Å². The van der Waals surface area contributed by atoms with Crippen molar-refractivity contribution in [3.8, 4) is 0 Å². The molecule has 0 bridgehead atoms. The Balaban J connectivity index is 3.34. The average Bonchev–Trinajstić information content (AvgIpc) is 3.63. The molecule has 0 aromatic heterocycles. The van der Waals surface area contributed by atoms with Crippen LogP contribution in [0.25, 0.3) is 0 Å². The quantitative estimate of drug-likeness (QED) is 0.0320. The van der Waals surface area contributed by atoms with Crippen molar-refractivity contribution in [1.29, 1.82) is 0 Å². The van der Waals surface area contributed by atoms with E-state index in [9.17, 15) is 19.8 Å². The summed E-state index contributed by atoms with van der Waals surface area (Å²) in [6, 6.07) is -0.626. The zero-order chi connectivity index (χ0) is 66.3. The zero-order valence-corrected chi connectivity index (χ0v) is 62.8. The maximum Gasteiger partial charge on any atom is 0.305 e. The predicted octanol–water partition coefficient (Wildman–Crippen LogP) is 28.4. The third kappa shape index (κ3) is 77.3. The minimum atomic E-state index is -0.842. The minimum Gasteiger partial charge on any atom is -0.466 e. The highest BCUT2D eigenvalue weighted by Crippen LogP contribution is 2.21. The van der Waals surface area contributed by atoms with Gasteiger partial charge in [-0.3, -0.25) is 9.59 Å². The molecule has 6 heteroatoms. The van der Waals surface area contributed by atoms with Crippen molar-refractivity contribution < 1.29 is 24.5 Å². The molecule has 0 aliphatic carbocycles. The number of allylic oxidation sites excluding steroid dienone is 3. The van der Waals surface area contributed by atoms with Crippen LogP contribution >= 0.6 is 0 Å². The Morgan fingerprint density at radius 3 is 0.772 bits per heavy atom. The maximum atomic E-state index is 12.6. The number of hydrogen-bond donors (Lipinski definition) is 3. The Morgan fingerprint density at radius 1 is 0.293 bits per heavy atom. The molecule has 2 unspecified atom stereocenters. The summed E-state index contributed by atoms with van der Waals surface area (Å²) < 4.78 is 5.51. The van der Waals surface area contributed by atoms with Crippen LogP contribution in [0.2, 0.25) is 0 Å². The van der Waals surface area contributed by atoms with Crippen molar-refractivity contribution in [3.63, 3.8) is 0 Å². The molecule has 2 atom stereocenters. The fraction of sp³-hybridized carbons (Fsp3) is 0.930. The first-order valence-corrected chi connectivity index (χ1v) is 42.6. The molecule has 0 radical (unpaired) electrons. The van der Waals surface area contributed by atoms with Gasteiger partial charge in [-0.05, 0) is 57.8 Å². The van der Waals surface area contributed by atoms with Gasteiger partial charge < -0.3 is 20.3 Å². The smallest absolute Gasteiger partial charge is 0.305 e. The summed E-state index contributed by atoms with van der Waals surface area (Å²) in [7, 11) is 0. The Bertz CT molecular complexity index is 1450. The number of aliphatic hydroxyl groups excluding tert-OH is 2. The Labute approximate surface area is 577 Å². The van der Waals surface area contributed by atoms with Gasteiger partial charge in [0.05, 0.1) is 25.4 Å². The van der Waals surface area contributed by atoms with Gasteiger partial charge >= 0.3 is 5.97 Å². The van der Waals surface area contributed by atoms with Gasteiger partial charge in [-0.2, -0.15) is 0 Å². The second kappa shape index (κ2) is 81.8. The lowest BCUT2D eigenvalue weighted by atomic mass is 10.0. The molecule has 92 heavy (non-hydrogen) atoms. The lowest BCUT2D eigenvalue weighted by molar-refractivity contribution is -0.143. The first-order chi connectivity index (χ1) is 45.5. The van der Waals surface area contributed by atoms with E-state index in [1.165, 1.54) is 424 Å². The summed E-state index contributed by atoms with van der Waals surface area (Å²) in [4.78, 5) is 24.6. The molecule has 0 aliphatic heterocycles. The van der Waals surface area contributed by atoms with E-state index in [2.05, 4.69) is 31.3 Å². The molecule has 0 saturated heterocycles. The van der Waals surface area contributed by atoms with Crippen LogP contribution < -0.4 is 5.32 Å². The summed E-state index contributed by atoms with van der Waals surface area (Å²) in [6.07, 6.45) is 106. The van der Waals surface area contributed by atoms with Gasteiger partial charge in [-0.25, -0.2) is 0 Å². The third-order valence-corrected chi connectivity index (χ3v) is 20.2. The van der Waals surface area contributed by atoms with Crippen LogP contribution in [-0.4, -0.2) is 47.4 Å². The van der Waals surface area contributed by atoms with Gasteiger partial charge in [0.15, 0.2) is 0 Å². The number of aliphatic hydroxyl groups is 2. The topological polar surface area (TPSA) is 95.9 Å². The van der Waals surface area contributed by atoms with Gasteiger partial charge in [0, 0.05) is 12.8 Å². The van der Waals surface area contributed by atoms with Crippen LogP contribution in [0.15, 0.2) is 24.3 Å². The number of amides is 1. The Kier molecular flexibility index (Phi) is 80.3. The van der Waals surface area contributed by atoms with E-state index in [1.807, 2.05) is 6.08 Å². The standard InChI is InChI=1S/C86H167NO5/c1-3-5-7-9-11-13-15-17-19-20-21-22-42-45-48-51-54-58-62-66-70-74-78-84(89)83(82-88)87-85(90)79-75-71-67-63-59-55-52-49-46-43-40-38-36-34-32-30-28-26-24-23-25-27-29-31-33-35-37-39-41-44-47-50-53-57-61-65-69-73-77-81-92-86(91)80-76-72-68-64-60-56-18-16-14-12-10-8-6-4-2/h23-24,74,78,83-84,88-89H,3-22,25-73,75-77,79-82H2,1-2H3,(H,87,90)/b24-23-,78-74+. The lowest BCUT2D eigenvalue weighted by Gasteiger charge is -2.20. The molecule has 0 aromatic carbocycles. The molecule has 0 spiro atoms. The van der Waals surface area contributed by atoms with E-state index in [0.29, 0.717) is 19.4 Å². The number of hydrogen-bond acceptors (Lipinski definition) is 5. The van der Waals surface area contributed by atoms with Crippen molar-refractivity contribution >= 4 is 11.9 Å². The Hall–Kier alpha value is -1.66.